The standard InChI is InChI=1S/C21H22F3N5O7S/c1-11-9-26-20(29-18(11)28-15-10-35-5-4-12(15)8-25)27-13-6-14(19(30)34-3)17(16(7-13)33-2)36-37(31,32)21(22,23)24/h6-7,9,12,15H,4-5,10H2,1-3H3,(H2,26,27,28,29)/t12-,15+/m1/s1. The molecule has 1 fully saturated rings. The molecule has 2 N–H and O–H groups in total. The number of nitriles is 1. The summed E-state index contributed by atoms with van der Waals surface area (Å²) in [7, 11) is -4.14. The number of benzene rings is 1. The molecule has 1 aliphatic heterocycles. The first-order chi connectivity index (χ1) is 17.4. The van der Waals surface area contributed by atoms with E-state index in [-0.39, 0.29) is 23.6 Å². The summed E-state index contributed by atoms with van der Waals surface area (Å²) in [6, 6.07) is 3.99. The maximum atomic E-state index is 12.9. The van der Waals surface area contributed by atoms with Crippen LogP contribution in [0.4, 0.5) is 30.6 Å². The van der Waals surface area contributed by atoms with Gasteiger partial charge in [0.15, 0.2) is 11.5 Å². The van der Waals surface area contributed by atoms with Gasteiger partial charge in [-0.1, -0.05) is 0 Å². The SMILES string of the molecule is COC(=O)c1cc(Nc2ncc(C)c(N[C@H]3COCC[C@@H]3C#N)n2)cc(OC)c1OS(=O)(=O)C(F)(F)F. The lowest BCUT2D eigenvalue weighted by atomic mass is 9.96. The van der Waals surface area contributed by atoms with Crippen molar-refractivity contribution in [1.29, 1.82) is 5.26 Å². The van der Waals surface area contributed by atoms with E-state index in [0.29, 0.717) is 31.0 Å². The van der Waals surface area contributed by atoms with Gasteiger partial charge in [0.1, 0.15) is 11.4 Å². The van der Waals surface area contributed by atoms with Crippen molar-refractivity contribution in [3.05, 3.63) is 29.5 Å². The Labute approximate surface area is 209 Å². The minimum Gasteiger partial charge on any atom is -0.493 e. The number of halogens is 3. The summed E-state index contributed by atoms with van der Waals surface area (Å²) < 4.78 is 81.0. The number of carbonyl (C=O) groups is 1. The van der Waals surface area contributed by atoms with Crippen molar-refractivity contribution in [2.75, 3.05) is 38.1 Å². The van der Waals surface area contributed by atoms with Crippen LogP contribution in [0, 0.1) is 24.2 Å². The molecule has 2 heterocycles. The van der Waals surface area contributed by atoms with E-state index in [9.17, 15) is 31.6 Å². The Hall–Kier alpha value is -3.84. The van der Waals surface area contributed by atoms with E-state index in [1.807, 2.05) is 0 Å². The Morgan fingerprint density at radius 1 is 1.30 bits per heavy atom. The van der Waals surface area contributed by atoms with Gasteiger partial charge in [0.05, 0.1) is 38.9 Å². The lowest BCUT2D eigenvalue weighted by Gasteiger charge is -2.28. The van der Waals surface area contributed by atoms with Gasteiger partial charge in [-0.15, -0.1) is 0 Å². The van der Waals surface area contributed by atoms with Crippen molar-refractivity contribution in [3.8, 4) is 17.6 Å². The molecule has 0 unspecified atom stereocenters. The molecule has 0 bridgehead atoms. The summed E-state index contributed by atoms with van der Waals surface area (Å²) in [5, 5.41) is 15.3. The van der Waals surface area contributed by atoms with E-state index in [1.54, 1.807) is 6.92 Å². The first kappa shape index (κ1) is 27.7. The highest BCUT2D eigenvalue weighted by molar-refractivity contribution is 7.88. The number of esters is 1. The Morgan fingerprint density at radius 3 is 2.65 bits per heavy atom. The molecule has 2 aromatic rings. The lowest BCUT2D eigenvalue weighted by Crippen LogP contribution is -2.38. The fraction of sp³-hybridized carbons (Fsp3) is 0.429. The number of nitrogens with one attached hydrogen (secondary N) is 2. The van der Waals surface area contributed by atoms with E-state index in [0.717, 1.165) is 26.4 Å². The van der Waals surface area contributed by atoms with Crippen LogP contribution in [0.15, 0.2) is 18.3 Å². The lowest BCUT2D eigenvalue weighted by molar-refractivity contribution is -0.0501. The van der Waals surface area contributed by atoms with Gasteiger partial charge in [-0.3, -0.25) is 0 Å². The monoisotopic (exact) mass is 545 g/mol. The third kappa shape index (κ3) is 6.30. The molecule has 3 rings (SSSR count). The molecule has 2 atom stereocenters. The van der Waals surface area contributed by atoms with Gasteiger partial charge in [0.25, 0.3) is 0 Å². The highest BCUT2D eigenvalue weighted by atomic mass is 32.2. The summed E-state index contributed by atoms with van der Waals surface area (Å²) >= 11 is 0. The van der Waals surface area contributed by atoms with E-state index in [2.05, 4.69) is 35.6 Å². The normalized spacial score (nSPS) is 17.9. The molecule has 1 saturated heterocycles. The quantitative estimate of drug-likeness (QED) is 0.284. The first-order valence-corrected chi connectivity index (χ1v) is 12.0. The molecule has 0 aliphatic carbocycles. The largest absolute Gasteiger partial charge is 0.534 e. The minimum atomic E-state index is -6.12. The highest BCUT2D eigenvalue weighted by Gasteiger charge is 2.49. The molecule has 16 heteroatoms. The molecule has 12 nitrogen and oxygen atoms in total. The van der Waals surface area contributed by atoms with Gasteiger partial charge in [-0.2, -0.15) is 31.8 Å². The van der Waals surface area contributed by atoms with Crippen LogP contribution < -0.4 is 19.6 Å². The summed E-state index contributed by atoms with van der Waals surface area (Å²) in [6.07, 6.45) is 2.03. The van der Waals surface area contributed by atoms with Gasteiger partial charge in [-0.25, -0.2) is 9.78 Å². The summed E-state index contributed by atoms with van der Waals surface area (Å²) in [5.41, 5.74) is -5.73. The zero-order valence-electron chi connectivity index (χ0n) is 19.7. The van der Waals surface area contributed by atoms with Crippen molar-refractivity contribution in [2.45, 2.75) is 24.9 Å². The van der Waals surface area contributed by atoms with E-state index >= 15 is 0 Å². The number of rotatable bonds is 8. The predicted molar refractivity (Wildman–Crippen MR) is 122 cm³/mol. The fourth-order valence-corrected chi connectivity index (χ4v) is 3.80. The smallest absolute Gasteiger partial charge is 0.493 e. The van der Waals surface area contributed by atoms with Gasteiger partial charge in [0.2, 0.25) is 5.95 Å². The molecule has 200 valence electrons. The second-order valence-electron chi connectivity index (χ2n) is 7.73. The van der Waals surface area contributed by atoms with Crippen LogP contribution in [-0.4, -0.2) is 63.3 Å². The van der Waals surface area contributed by atoms with Crippen molar-refractivity contribution in [3.63, 3.8) is 0 Å². The third-order valence-electron chi connectivity index (χ3n) is 5.23. The summed E-state index contributed by atoms with van der Waals surface area (Å²) in [5.74, 6) is -2.62. The van der Waals surface area contributed by atoms with Crippen LogP contribution >= 0.6 is 0 Å². The van der Waals surface area contributed by atoms with E-state index < -0.39 is 38.7 Å². The highest BCUT2D eigenvalue weighted by Crippen LogP contribution is 2.39. The second kappa shape index (κ2) is 11.0. The zero-order valence-corrected chi connectivity index (χ0v) is 20.6. The van der Waals surface area contributed by atoms with Crippen LogP contribution in [0.5, 0.6) is 11.5 Å². The van der Waals surface area contributed by atoms with Crippen LogP contribution in [0.3, 0.4) is 0 Å². The Balaban J connectivity index is 1.96. The Bertz CT molecular complexity index is 1310. The number of carbonyl (C=O) groups excluding carboxylic acids is 1. The Kier molecular flexibility index (Phi) is 8.28. The number of methoxy groups -OCH3 is 2. The molecule has 1 aliphatic rings. The molecule has 1 aromatic heterocycles. The number of aryl methyl sites for hydroxylation is 1. The Morgan fingerprint density at radius 2 is 2.03 bits per heavy atom. The topological polar surface area (TPSA) is 162 Å². The van der Waals surface area contributed by atoms with Crippen molar-refractivity contribution < 1.29 is 44.8 Å². The fourth-order valence-electron chi connectivity index (χ4n) is 3.32. The average molecular weight is 545 g/mol. The molecule has 1 aromatic carbocycles. The van der Waals surface area contributed by atoms with Crippen LogP contribution in [0.1, 0.15) is 22.3 Å². The number of ether oxygens (including phenoxy) is 3. The van der Waals surface area contributed by atoms with Crippen molar-refractivity contribution in [2.24, 2.45) is 5.92 Å². The molecule has 0 spiro atoms. The minimum absolute atomic E-state index is 0.00721. The maximum absolute atomic E-state index is 12.9. The second-order valence-corrected chi connectivity index (χ2v) is 9.27. The number of alkyl halides is 3. The van der Waals surface area contributed by atoms with Crippen molar-refractivity contribution >= 4 is 33.5 Å². The van der Waals surface area contributed by atoms with Crippen molar-refractivity contribution in [1.82, 2.24) is 9.97 Å². The average Bonchev–Trinajstić information content (AvgIpc) is 2.85. The molecule has 0 saturated carbocycles. The predicted octanol–water partition coefficient (Wildman–Crippen LogP) is 2.89. The van der Waals surface area contributed by atoms with Gasteiger partial charge < -0.3 is 29.0 Å². The van der Waals surface area contributed by atoms with Gasteiger partial charge >= 0.3 is 21.6 Å². The van der Waals surface area contributed by atoms with Crippen LogP contribution in [0.2, 0.25) is 0 Å². The third-order valence-corrected chi connectivity index (χ3v) is 6.18. The number of nitrogens with zero attached hydrogens (tertiary/aromatic N) is 3. The van der Waals surface area contributed by atoms with Gasteiger partial charge in [0, 0.05) is 30.1 Å². The van der Waals surface area contributed by atoms with E-state index in [4.69, 9.17) is 9.47 Å². The van der Waals surface area contributed by atoms with Gasteiger partial charge in [-0.05, 0) is 19.4 Å². The number of aromatic nitrogens is 2. The van der Waals surface area contributed by atoms with Crippen LogP contribution in [-0.2, 0) is 19.6 Å². The summed E-state index contributed by atoms with van der Waals surface area (Å²) in [4.78, 5) is 20.8. The molecule has 37 heavy (non-hydrogen) atoms. The van der Waals surface area contributed by atoms with Crippen LogP contribution in [0.25, 0.3) is 0 Å². The first-order valence-electron chi connectivity index (χ1n) is 10.6. The number of anilines is 3. The maximum Gasteiger partial charge on any atom is 0.534 e. The molecular weight excluding hydrogens is 523 g/mol. The summed E-state index contributed by atoms with van der Waals surface area (Å²) in [6.45, 7) is 2.51. The zero-order chi connectivity index (χ0) is 27.4. The molecule has 0 radical (unpaired) electrons. The number of hydrogen-bond acceptors (Lipinski definition) is 12. The molecule has 0 amide bonds. The molecular formula is C21H22F3N5O7S. The van der Waals surface area contributed by atoms with E-state index in [1.165, 1.54) is 6.20 Å². The number of hydrogen-bond donors (Lipinski definition) is 2.